The summed E-state index contributed by atoms with van der Waals surface area (Å²) in [6, 6.07) is -0.205. The van der Waals surface area contributed by atoms with Crippen molar-refractivity contribution in [2.24, 2.45) is 0 Å². The highest BCUT2D eigenvalue weighted by Crippen LogP contribution is 2.11. The molecule has 2 amide bonds. The molecule has 1 unspecified atom stereocenters. The van der Waals surface area contributed by atoms with Gasteiger partial charge in [-0.05, 0) is 19.8 Å². The second kappa shape index (κ2) is 7.20. The number of amides is 2. The first-order valence-corrected chi connectivity index (χ1v) is 6.45. The molecular formula is C12H22N2O4. The molecule has 1 aliphatic rings. The zero-order chi connectivity index (χ0) is 13.5. The number of carbonyl (C=O) groups excluding carboxylic acids is 1. The number of likely N-dealkylation sites (N-methyl/N-ethyl adjacent to an activating group) is 1. The maximum Gasteiger partial charge on any atom is 0.323 e. The van der Waals surface area contributed by atoms with E-state index in [2.05, 4.69) is 0 Å². The van der Waals surface area contributed by atoms with Gasteiger partial charge in [-0.2, -0.15) is 0 Å². The van der Waals surface area contributed by atoms with Crippen LogP contribution in [0.15, 0.2) is 0 Å². The van der Waals surface area contributed by atoms with Gasteiger partial charge in [0.05, 0.1) is 6.10 Å². The van der Waals surface area contributed by atoms with Gasteiger partial charge in [0.2, 0.25) is 0 Å². The minimum absolute atomic E-state index is 0.0555. The summed E-state index contributed by atoms with van der Waals surface area (Å²) in [5.74, 6) is -0.983. The summed E-state index contributed by atoms with van der Waals surface area (Å²) in [6.45, 7) is 5.80. The molecule has 0 aromatic rings. The molecular weight excluding hydrogens is 236 g/mol. The van der Waals surface area contributed by atoms with Crippen molar-refractivity contribution in [2.45, 2.75) is 32.8 Å². The highest BCUT2D eigenvalue weighted by molar-refractivity contribution is 5.80. The third-order valence-electron chi connectivity index (χ3n) is 3.05. The summed E-state index contributed by atoms with van der Waals surface area (Å²) in [7, 11) is 0. The van der Waals surface area contributed by atoms with Gasteiger partial charge >= 0.3 is 12.0 Å². The molecule has 6 heteroatoms. The number of urea groups is 1. The fourth-order valence-corrected chi connectivity index (χ4v) is 1.99. The van der Waals surface area contributed by atoms with E-state index < -0.39 is 5.97 Å². The maximum atomic E-state index is 12.2. The van der Waals surface area contributed by atoms with E-state index in [0.717, 1.165) is 12.8 Å². The SMILES string of the molecule is CCC1CN(C(=O)N(CC)CC(=O)O)CCCO1. The third kappa shape index (κ3) is 4.18. The minimum atomic E-state index is -0.983. The average Bonchev–Trinajstić information content (AvgIpc) is 2.60. The van der Waals surface area contributed by atoms with Gasteiger partial charge < -0.3 is 19.6 Å². The Kier molecular flexibility index (Phi) is 5.91. The first kappa shape index (κ1) is 14.8. The molecule has 0 aliphatic carbocycles. The Balaban J connectivity index is 2.64. The van der Waals surface area contributed by atoms with Crippen molar-refractivity contribution >= 4 is 12.0 Å². The van der Waals surface area contributed by atoms with Gasteiger partial charge in [-0.3, -0.25) is 4.79 Å². The van der Waals surface area contributed by atoms with Crippen LogP contribution in [0.5, 0.6) is 0 Å². The van der Waals surface area contributed by atoms with Crippen LogP contribution < -0.4 is 0 Å². The second-order valence-corrected chi connectivity index (χ2v) is 4.39. The van der Waals surface area contributed by atoms with Crippen molar-refractivity contribution in [1.82, 2.24) is 9.80 Å². The van der Waals surface area contributed by atoms with Crippen molar-refractivity contribution in [3.63, 3.8) is 0 Å². The van der Waals surface area contributed by atoms with Gasteiger partial charge in [0, 0.05) is 26.2 Å². The summed E-state index contributed by atoms with van der Waals surface area (Å²) >= 11 is 0. The van der Waals surface area contributed by atoms with Crippen LogP contribution in [0.25, 0.3) is 0 Å². The Labute approximate surface area is 107 Å². The molecule has 0 aromatic heterocycles. The van der Waals surface area contributed by atoms with E-state index in [9.17, 15) is 9.59 Å². The fourth-order valence-electron chi connectivity index (χ4n) is 1.99. The number of nitrogens with zero attached hydrogens (tertiary/aromatic N) is 2. The Morgan fingerprint density at radius 3 is 2.72 bits per heavy atom. The Bertz CT molecular complexity index is 296. The van der Waals surface area contributed by atoms with Crippen LogP contribution in [-0.2, 0) is 9.53 Å². The number of hydrogen-bond acceptors (Lipinski definition) is 3. The molecule has 6 nitrogen and oxygen atoms in total. The fraction of sp³-hybridized carbons (Fsp3) is 0.833. The monoisotopic (exact) mass is 258 g/mol. The van der Waals surface area contributed by atoms with Gasteiger partial charge in [0.15, 0.2) is 0 Å². The molecule has 0 bridgehead atoms. The average molecular weight is 258 g/mol. The molecule has 104 valence electrons. The molecule has 0 spiro atoms. The van der Waals surface area contributed by atoms with E-state index in [0.29, 0.717) is 26.2 Å². The van der Waals surface area contributed by atoms with Gasteiger partial charge in [-0.15, -0.1) is 0 Å². The second-order valence-electron chi connectivity index (χ2n) is 4.39. The highest BCUT2D eigenvalue weighted by Gasteiger charge is 2.25. The number of carboxylic acids is 1. The zero-order valence-corrected chi connectivity index (χ0v) is 11.1. The van der Waals surface area contributed by atoms with Crippen LogP contribution in [0.4, 0.5) is 4.79 Å². The lowest BCUT2D eigenvalue weighted by Crippen LogP contribution is -2.47. The van der Waals surface area contributed by atoms with E-state index in [1.807, 2.05) is 6.92 Å². The van der Waals surface area contributed by atoms with E-state index in [-0.39, 0.29) is 18.7 Å². The first-order chi connectivity index (χ1) is 8.58. The van der Waals surface area contributed by atoms with Crippen LogP contribution in [0.2, 0.25) is 0 Å². The molecule has 1 atom stereocenters. The Hall–Kier alpha value is -1.30. The van der Waals surface area contributed by atoms with E-state index in [4.69, 9.17) is 9.84 Å². The molecule has 1 rings (SSSR count). The Morgan fingerprint density at radius 2 is 2.17 bits per heavy atom. The van der Waals surface area contributed by atoms with Gasteiger partial charge in [-0.1, -0.05) is 6.92 Å². The molecule has 1 fully saturated rings. The number of hydrogen-bond donors (Lipinski definition) is 1. The highest BCUT2D eigenvalue weighted by atomic mass is 16.5. The van der Waals surface area contributed by atoms with Crippen molar-refractivity contribution in [1.29, 1.82) is 0 Å². The summed E-state index contributed by atoms with van der Waals surface area (Å²) in [5.41, 5.74) is 0. The van der Waals surface area contributed by atoms with E-state index in [1.54, 1.807) is 11.8 Å². The van der Waals surface area contributed by atoms with Crippen LogP contribution in [-0.4, -0.2) is 65.8 Å². The molecule has 1 N–H and O–H groups in total. The van der Waals surface area contributed by atoms with Crippen LogP contribution in [0, 0.1) is 0 Å². The smallest absolute Gasteiger partial charge is 0.323 e. The zero-order valence-electron chi connectivity index (χ0n) is 11.1. The Morgan fingerprint density at radius 1 is 1.44 bits per heavy atom. The standard InChI is InChI=1S/C12H22N2O4/c1-3-10-8-14(6-5-7-18-10)12(17)13(4-2)9-11(15)16/h10H,3-9H2,1-2H3,(H,15,16). The number of rotatable bonds is 4. The lowest BCUT2D eigenvalue weighted by Gasteiger charge is -2.29. The van der Waals surface area contributed by atoms with Gasteiger partial charge in [0.25, 0.3) is 0 Å². The number of aliphatic carboxylic acids is 1. The molecule has 1 aliphatic heterocycles. The van der Waals surface area contributed by atoms with Crippen LogP contribution >= 0.6 is 0 Å². The summed E-state index contributed by atoms with van der Waals surface area (Å²) in [5, 5.41) is 8.78. The molecule has 0 aromatic carbocycles. The van der Waals surface area contributed by atoms with Gasteiger partial charge in [-0.25, -0.2) is 4.79 Å². The number of carboxylic acid groups (broad SMARTS) is 1. The van der Waals surface area contributed by atoms with Gasteiger partial charge in [0.1, 0.15) is 6.54 Å². The topological polar surface area (TPSA) is 70.1 Å². The van der Waals surface area contributed by atoms with Crippen LogP contribution in [0.1, 0.15) is 26.7 Å². The maximum absolute atomic E-state index is 12.2. The van der Waals surface area contributed by atoms with Crippen molar-refractivity contribution in [3.05, 3.63) is 0 Å². The molecule has 1 saturated heterocycles. The van der Waals surface area contributed by atoms with E-state index >= 15 is 0 Å². The first-order valence-electron chi connectivity index (χ1n) is 6.45. The lowest BCUT2D eigenvalue weighted by molar-refractivity contribution is -0.137. The number of carbonyl (C=O) groups is 2. The largest absolute Gasteiger partial charge is 0.480 e. The molecule has 0 radical (unpaired) electrons. The quantitative estimate of drug-likeness (QED) is 0.817. The molecule has 18 heavy (non-hydrogen) atoms. The lowest BCUT2D eigenvalue weighted by atomic mass is 10.2. The summed E-state index contributed by atoms with van der Waals surface area (Å²) < 4.78 is 5.60. The van der Waals surface area contributed by atoms with Crippen molar-refractivity contribution in [3.8, 4) is 0 Å². The molecule has 0 saturated carbocycles. The van der Waals surface area contributed by atoms with E-state index in [1.165, 1.54) is 4.90 Å². The summed E-state index contributed by atoms with van der Waals surface area (Å²) in [6.07, 6.45) is 1.71. The van der Waals surface area contributed by atoms with Crippen LogP contribution in [0.3, 0.4) is 0 Å². The third-order valence-corrected chi connectivity index (χ3v) is 3.05. The predicted molar refractivity (Wildman–Crippen MR) is 66.5 cm³/mol. The van der Waals surface area contributed by atoms with Crippen molar-refractivity contribution < 1.29 is 19.4 Å². The predicted octanol–water partition coefficient (Wildman–Crippen LogP) is 1.01. The summed E-state index contributed by atoms with van der Waals surface area (Å²) in [4.78, 5) is 26.0. The van der Waals surface area contributed by atoms with Crippen molar-refractivity contribution in [2.75, 3.05) is 32.8 Å². The number of ether oxygens (including phenoxy) is 1. The molecule has 1 heterocycles. The normalized spacial score (nSPS) is 20.3. The minimum Gasteiger partial charge on any atom is -0.480 e.